The van der Waals surface area contributed by atoms with Crippen LogP contribution in [0.1, 0.15) is 92.9 Å². The van der Waals surface area contributed by atoms with Gasteiger partial charge in [-0.05, 0) is 91.8 Å². The first kappa shape index (κ1) is 27.1. The van der Waals surface area contributed by atoms with Gasteiger partial charge >= 0.3 is 11.9 Å². The lowest BCUT2D eigenvalue weighted by atomic mass is 9.33. The van der Waals surface area contributed by atoms with Crippen LogP contribution in [0.2, 0.25) is 0 Å². The van der Waals surface area contributed by atoms with E-state index in [2.05, 4.69) is 26.8 Å². The molecule has 0 amide bonds. The quantitative estimate of drug-likeness (QED) is 0.345. The van der Waals surface area contributed by atoms with Crippen molar-refractivity contribution in [2.24, 2.45) is 50.2 Å². The Morgan fingerprint density at radius 2 is 1.43 bits per heavy atom. The molecule has 0 radical (unpaired) electrons. The first-order chi connectivity index (χ1) is 16.9. The average Bonchev–Trinajstić information content (AvgIpc) is 2.80. The van der Waals surface area contributed by atoms with Crippen LogP contribution in [0.5, 0.6) is 0 Å². The van der Waals surface area contributed by atoms with Gasteiger partial charge in [0.15, 0.2) is 0 Å². The molecule has 0 bridgehead atoms. The summed E-state index contributed by atoms with van der Waals surface area (Å²) in [5, 5.41) is 54.3. The molecule has 0 aliphatic heterocycles. The molecule has 5 N–H and O–H groups in total. The molecule has 0 aromatic carbocycles. The zero-order valence-corrected chi connectivity index (χ0v) is 23.3. The van der Waals surface area contributed by atoms with Crippen LogP contribution in [-0.2, 0) is 9.59 Å². The Bertz CT molecular complexity index is 1050. The maximum Gasteiger partial charge on any atom is 0.312 e. The standard InChI is InChI=1S/C30H46O7/c1-25(2)11-13-30(24(36)37)14-12-27(4)16(20(30)22(25)33)7-8-18-26(3)15-17(31)21(32)29(6,23(34)35)19(26)9-10-28(18,27)5/h7,17-22,31-33H,8-15H2,1-6H3,(H,34,35)(H,36,37)/t17-,18+,19-,20-,21+,22-,26-,27-,28-,29-,30+/m1/s1. The van der Waals surface area contributed by atoms with Gasteiger partial charge in [0.25, 0.3) is 0 Å². The molecule has 7 nitrogen and oxygen atoms in total. The number of carbonyl (C=O) groups is 2. The van der Waals surface area contributed by atoms with Gasteiger partial charge in [-0.15, -0.1) is 0 Å². The van der Waals surface area contributed by atoms with E-state index in [0.29, 0.717) is 44.9 Å². The fourth-order valence-corrected chi connectivity index (χ4v) is 10.7. The molecule has 11 atom stereocenters. The van der Waals surface area contributed by atoms with Gasteiger partial charge in [-0.3, -0.25) is 9.59 Å². The highest BCUT2D eigenvalue weighted by molar-refractivity contribution is 5.77. The number of aliphatic carboxylic acids is 2. The second kappa shape index (κ2) is 7.82. The molecule has 7 heteroatoms. The van der Waals surface area contributed by atoms with Gasteiger partial charge in [0.1, 0.15) is 0 Å². The summed E-state index contributed by atoms with van der Waals surface area (Å²) in [6.45, 7) is 12.3. The highest BCUT2D eigenvalue weighted by Gasteiger charge is 2.72. The van der Waals surface area contributed by atoms with E-state index in [0.717, 1.165) is 12.0 Å². The van der Waals surface area contributed by atoms with Crippen LogP contribution in [0.25, 0.3) is 0 Å². The molecule has 0 unspecified atom stereocenters. The normalized spacial score (nSPS) is 54.6. The van der Waals surface area contributed by atoms with Crippen molar-refractivity contribution in [1.29, 1.82) is 0 Å². The Balaban J connectivity index is 1.64. The number of fused-ring (bicyclic) bond motifs is 7. The fraction of sp³-hybridized carbons (Fsp3) is 0.867. The van der Waals surface area contributed by atoms with Gasteiger partial charge in [-0.1, -0.05) is 46.3 Å². The molecule has 5 aliphatic carbocycles. The van der Waals surface area contributed by atoms with Crippen molar-refractivity contribution >= 4 is 11.9 Å². The Morgan fingerprint density at radius 1 is 0.811 bits per heavy atom. The largest absolute Gasteiger partial charge is 0.481 e. The molecule has 37 heavy (non-hydrogen) atoms. The monoisotopic (exact) mass is 518 g/mol. The Hall–Kier alpha value is -1.44. The summed E-state index contributed by atoms with van der Waals surface area (Å²) < 4.78 is 0. The third-order valence-electron chi connectivity index (χ3n) is 13.4. The Morgan fingerprint density at radius 3 is 2.03 bits per heavy atom. The zero-order chi connectivity index (χ0) is 27.6. The van der Waals surface area contributed by atoms with Gasteiger partial charge in [-0.2, -0.15) is 0 Å². The van der Waals surface area contributed by atoms with E-state index in [4.69, 9.17) is 0 Å². The predicted octanol–water partition coefficient (Wildman–Crippen LogP) is 4.24. The number of aliphatic hydroxyl groups excluding tert-OH is 3. The lowest BCUT2D eigenvalue weighted by molar-refractivity contribution is -0.241. The highest BCUT2D eigenvalue weighted by atomic mass is 16.4. The molecule has 0 heterocycles. The number of rotatable bonds is 2. The summed E-state index contributed by atoms with van der Waals surface area (Å²) in [5.74, 6) is -2.53. The number of allylic oxidation sites excluding steroid dienone is 1. The molecule has 0 saturated heterocycles. The third kappa shape index (κ3) is 3.05. The van der Waals surface area contributed by atoms with E-state index in [1.54, 1.807) is 6.92 Å². The van der Waals surface area contributed by atoms with E-state index in [1.165, 1.54) is 0 Å². The summed E-state index contributed by atoms with van der Waals surface area (Å²) in [7, 11) is 0. The average molecular weight is 519 g/mol. The number of hydrogen-bond acceptors (Lipinski definition) is 5. The van der Waals surface area contributed by atoms with E-state index in [9.17, 15) is 35.1 Å². The molecular formula is C30H46O7. The minimum absolute atomic E-state index is 0.0689. The van der Waals surface area contributed by atoms with Crippen molar-refractivity contribution in [3.05, 3.63) is 11.6 Å². The van der Waals surface area contributed by atoms with Crippen LogP contribution in [-0.4, -0.2) is 55.8 Å². The maximum atomic E-state index is 12.8. The lowest BCUT2D eigenvalue weighted by Gasteiger charge is -2.71. The number of hydrogen-bond donors (Lipinski definition) is 5. The van der Waals surface area contributed by atoms with Crippen molar-refractivity contribution in [2.75, 3.05) is 0 Å². The molecule has 0 aromatic rings. The van der Waals surface area contributed by atoms with E-state index < -0.39 is 52.4 Å². The van der Waals surface area contributed by atoms with Crippen LogP contribution >= 0.6 is 0 Å². The number of aliphatic hydroxyl groups is 3. The molecule has 0 aromatic heterocycles. The van der Waals surface area contributed by atoms with Crippen LogP contribution in [0.15, 0.2) is 11.6 Å². The Kier molecular flexibility index (Phi) is 5.73. The topological polar surface area (TPSA) is 135 Å². The summed E-state index contributed by atoms with van der Waals surface area (Å²) >= 11 is 0. The second-order valence-corrected chi connectivity index (χ2v) is 15.0. The van der Waals surface area contributed by atoms with Crippen LogP contribution in [0.4, 0.5) is 0 Å². The minimum atomic E-state index is -1.44. The van der Waals surface area contributed by atoms with Crippen molar-refractivity contribution < 1.29 is 35.1 Å². The van der Waals surface area contributed by atoms with Crippen molar-refractivity contribution in [3.8, 4) is 0 Å². The number of carboxylic acids is 2. The third-order valence-corrected chi connectivity index (χ3v) is 13.4. The minimum Gasteiger partial charge on any atom is -0.481 e. The predicted molar refractivity (Wildman–Crippen MR) is 137 cm³/mol. The van der Waals surface area contributed by atoms with E-state index in [1.807, 2.05) is 13.8 Å². The van der Waals surface area contributed by atoms with E-state index in [-0.39, 0.29) is 28.1 Å². The molecule has 5 rings (SSSR count). The molecular weight excluding hydrogens is 472 g/mol. The van der Waals surface area contributed by atoms with Crippen molar-refractivity contribution in [1.82, 2.24) is 0 Å². The summed E-state index contributed by atoms with van der Waals surface area (Å²) in [6.07, 6.45) is 3.88. The highest BCUT2D eigenvalue weighted by Crippen LogP contribution is 2.75. The molecule has 4 saturated carbocycles. The van der Waals surface area contributed by atoms with Crippen LogP contribution in [0.3, 0.4) is 0 Å². The van der Waals surface area contributed by atoms with Crippen molar-refractivity contribution in [2.45, 2.75) is 111 Å². The summed E-state index contributed by atoms with van der Waals surface area (Å²) in [6, 6.07) is 0. The van der Waals surface area contributed by atoms with Gasteiger partial charge in [0, 0.05) is 5.92 Å². The van der Waals surface area contributed by atoms with Gasteiger partial charge < -0.3 is 25.5 Å². The number of carboxylic acid groups (broad SMARTS) is 2. The van der Waals surface area contributed by atoms with Crippen molar-refractivity contribution in [3.63, 3.8) is 0 Å². The van der Waals surface area contributed by atoms with Crippen LogP contribution < -0.4 is 0 Å². The first-order valence-electron chi connectivity index (χ1n) is 14.1. The first-order valence-corrected chi connectivity index (χ1v) is 14.1. The Labute approximate surface area is 220 Å². The summed E-state index contributed by atoms with van der Waals surface area (Å²) in [4.78, 5) is 25.4. The molecule has 5 aliphatic rings. The smallest absolute Gasteiger partial charge is 0.312 e. The molecule has 0 spiro atoms. The summed E-state index contributed by atoms with van der Waals surface area (Å²) in [5.41, 5.74) is -2.80. The molecule has 208 valence electrons. The van der Waals surface area contributed by atoms with E-state index >= 15 is 0 Å². The second-order valence-electron chi connectivity index (χ2n) is 15.0. The van der Waals surface area contributed by atoms with Gasteiger partial charge in [0.05, 0.1) is 29.1 Å². The maximum absolute atomic E-state index is 12.8. The molecule has 4 fully saturated rings. The SMILES string of the molecule is CC1(C)CC[C@]2(C(=O)O)CC[C@]3(C)C(=CC[C@H]4[C@@]5(C)C[C@@H](O)[C@H](O)[C@](C)(C(=O)O)[C@@H]5CC[C@]43C)[C@@H]2[C@H]1O. The fourth-order valence-electron chi connectivity index (χ4n) is 10.7. The van der Waals surface area contributed by atoms with Gasteiger partial charge in [-0.25, -0.2) is 0 Å². The van der Waals surface area contributed by atoms with Crippen LogP contribution in [0, 0.1) is 50.2 Å². The lowest BCUT2D eigenvalue weighted by Crippen LogP contribution is -2.69. The zero-order valence-electron chi connectivity index (χ0n) is 23.3. The van der Waals surface area contributed by atoms with Gasteiger partial charge in [0.2, 0.25) is 0 Å².